The van der Waals surface area contributed by atoms with Crippen molar-refractivity contribution in [3.63, 3.8) is 0 Å². The minimum atomic E-state index is -0.424. The molecule has 0 aliphatic rings. The highest BCUT2D eigenvalue weighted by molar-refractivity contribution is 6.45. The van der Waals surface area contributed by atoms with Gasteiger partial charge in [0.05, 0.1) is 29.7 Å². The van der Waals surface area contributed by atoms with E-state index in [-0.39, 0.29) is 18.1 Å². The lowest BCUT2D eigenvalue weighted by Crippen LogP contribution is -2.25. The van der Waals surface area contributed by atoms with Gasteiger partial charge in [-0.3, -0.25) is 4.79 Å². The summed E-state index contributed by atoms with van der Waals surface area (Å²) < 4.78 is 1.78. The van der Waals surface area contributed by atoms with Crippen LogP contribution in [0.15, 0.2) is 54.7 Å². The van der Waals surface area contributed by atoms with Crippen molar-refractivity contribution in [3.05, 3.63) is 60.3 Å². The van der Waals surface area contributed by atoms with Crippen molar-refractivity contribution in [1.29, 1.82) is 5.41 Å². The van der Waals surface area contributed by atoms with E-state index in [1.807, 2.05) is 37.3 Å². The molecule has 0 unspecified atom stereocenters. The second-order valence-corrected chi connectivity index (χ2v) is 5.70. The summed E-state index contributed by atoms with van der Waals surface area (Å²) in [5.41, 5.74) is 2.11. The molecular formula is C19H19N3O2. The first-order valence-electron chi connectivity index (χ1n) is 7.93. The fourth-order valence-electron chi connectivity index (χ4n) is 2.72. The number of benzene rings is 2. The Hall–Kier alpha value is -2.79. The third kappa shape index (κ3) is 2.86. The number of fused-ring (bicyclic) bond motifs is 1. The van der Waals surface area contributed by atoms with Gasteiger partial charge in [0.25, 0.3) is 0 Å². The van der Waals surface area contributed by atoms with E-state index in [0.717, 1.165) is 16.6 Å². The number of nitrogens with zero attached hydrogens (tertiary/aromatic N) is 2. The fourth-order valence-corrected chi connectivity index (χ4v) is 2.72. The summed E-state index contributed by atoms with van der Waals surface area (Å²) in [4.78, 5) is 12.5. The number of aliphatic hydroxyl groups excluding tert-OH is 1. The Morgan fingerprint density at radius 3 is 2.79 bits per heavy atom. The number of carbonyl (C=O) groups is 1. The van der Waals surface area contributed by atoms with Gasteiger partial charge in [-0.15, -0.1) is 0 Å². The summed E-state index contributed by atoms with van der Waals surface area (Å²) in [5.74, 6) is -0.777. The van der Waals surface area contributed by atoms with Gasteiger partial charge in [-0.1, -0.05) is 37.3 Å². The Morgan fingerprint density at radius 1 is 1.25 bits per heavy atom. The molecule has 1 aromatic heterocycles. The maximum atomic E-state index is 12.5. The van der Waals surface area contributed by atoms with Crippen LogP contribution in [-0.4, -0.2) is 33.0 Å². The van der Waals surface area contributed by atoms with Crippen LogP contribution in [0.1, 0.15) is 23.7 Å². The molecule has 0 amide bonds. The predicted octanol–water partition coefficient (Wildman–Crippen LogP) is 3.25. The van der Waals surface area contributed by atoms with Crippen LogP contribution < -0.4 is 0 Å². The van der Waals surface area contributed by atoms with Crippen molar-refractivity contribution in [2.24, 2.45) is 5.92 Å². The van der Waals surface area contributed by atoms with Crippen LogP contribution in [0.25, 0.3) is 16.6 Å². The molecule has 0 saturated heterocycles. The molecule has 1 atom stereocenters. The SMILES string of the molecule is CC[C@@H](CO)C(=N)C(=O)c1cccc(-n2ncc3ccccc32)c1. The summed E-state index contributed by atoms with van der Waals surface area (Å²) in [5, 5.41) is 22.8. The van der Waals surface area contributed by atoms with E-state index in [0.29, 0.717) is 12.0 Å². The predicted molar refractivity (Wildman–Crippen MR) is 94.0 cm³/mol. The third-order valence-electron chi connectivity index (χ3n) is 4.20. The van der Waals surface area contributed by atoms with Crippen LogP contribution in [0.4, 0.5) is 0 Å². The zero-order chi connectivity index (χ0) is 17.1. The first kappa shape index (κ1) is 16.1. The Labute approximate surface area is 140 Å². The Bertz CT molecular complexity index is 894. The highest BCUT2D eigenvalue weighted by atomic mass is 16.3. The number of hydrogen-bond acceptors (Lipinski definition) is 4. The number of para-hydroxylation sites is 1. The van der Waals surface area contributed by atoms with Crippen molar-refractivity contribution < 1.29 is 9.90 Å². The lowest BCUT2D eigenvalue weighted by molar-refractivity contribution is 0.105. The number of carbonyl (C=O) groups excluding carboxylic acids is 1. The number of hydrogen-bond donors (Lipinski definition) is 2. The van der Waals surface area contributed by atoms with E-state index in [1.165, 1.54) is 0 Å². The first-order chi connectivity index (χ1) is 11.7. The van der Waals surface area contributed by atoms with Gasteiger partial charge in [-0.2, -0.15) is 5.10 Å². The Balaban J connectivity index is 1.98. The third-order valence-corrected chi connectivity index (χ3v) is 4.20. The lowest BCUT2D eigenvalue weighted by Gasteiger charge is -2.13. The van der Waals surface area contributed by atoms with Crippen LogP contribution in [0.5, 0.6) is 0 Å². The molecule has 5 nitrogen and oxygen atoms in total. The van der Waals surface area contributed by atoms with Crippen LogP contribution in [0.3, 0.4) is 0 Å². The molecule has 0 aliphatic carbocycles. The van der Waals surface area contributed by atoms with E-state index >= 15 is 0 Å². The molecule has 122 valence electrons. The van der Waals surface area contributed by atoms with Gasteiger partial charge in [-0.25, -0.2) is 4.68 Å². The zero-order valence-corrected chi connectivity index (χ0v) is 13.4. The summed E-state index contributed by atoms with van der Waals surface area (Å²) in [6.07, 6.45) is 2.34. The van der Waals surface area contributed by atoms with Crippen molar-refractivity contribution in [2.45, 2.75) is 13.3 Å². The lowest BCUT2D eigenvalue weighted by atomic mass is 9.94. The molecule has 0 bridgehead atoms. The second kappa shape index (κ2) is 6.76. The molecule has 0 radical (unpaired) electrons. The van der Waals surface area contributed by atoms with E-state index in [1.54, 1.807) is 29.1 Å². The van der Waals surface area contributed by atoms with Crippen LogP contribution in [0, 0.1) is 11.3 Å². The number of nitrogens with one attached hydrogen (secondary N) is 1. The van der Waals surface area contributed by atoms with Gasteiger partial charge in [0, 0.05) is 16.9 Å². The van der Waals surface area contributed by atoms with E-state index in [4.69, 9.17) is 5.41 Å². The molecule has 0 spiro atoms. The number of ketones is 1. The van der Waals surface area contributed by atoms with Crippen LogP contribution in [0.2, 0.25) is 0 Å². The molecule has 0 saturated carbocycles. The number of aromatic nitrogens is 2. The minimum absolute atomic E-state index is 0.0533. The highest BCUT2D eigenvalue weighted by Crippen LogP contribution is 2.19. The normalized spacial score (nSPS) is 12.2. The van der Waals surface area contributed by atoms with Crippen molar-refractivity contribution in [3.8, 4) is 5.69 Å². The maximum absolute atomic E-state index is 12.5. The Morgan fingerprint density at radius 2 is 2.04 bits per heavy atom. The summed E-state index contributed by atoms with van der Waals surface area (Å²) in [6, 6.07) is 14.9. The molecule has 0 aliphatic heterocycles. The standard InChI is InChI=1S/C19H19N3O2/c1-2-13(12-23)18(20)19(24)14-7-5-8-16(10-14)22-17-9-4-3-6-15(17)11-21-22/h3-11,13,20,23H,2,12H2,1H3/t13-/m0/s1. The van der Waals surface area contributed by atoms with E-state index < -0.39 is 5.92 Å². The molecular weight excluding hydrogens is 302 g/mol. The molecule has 2 N–H and O–H groups in total. The first-order valence-corrected chi connectivity index (χ1v) is 7.93. The van der Waals surface area contributed by atoms with Gasteiger partial charge in [0.15, 0.2) is 0 Å². The van der Waals surface area contributed by atoms with E-state index in [9.17, 15) is 9.90 Å². The molecule has 3 rings (SSSR count). The van der Waals surface area contributed by atoms with Gasteiger partial charge < -0.3 is 10.5 Å². The van der Waals surface area contributed by atoms with Gasteiger partial charge in [-0.05, 0) is 24.6 Å². The Kier molecular flexibility index (Phi) is 4.53. The van der Waals surface area contributed by atoms with Gasteiger partial charge in [0.1, 0.15) is 0 Å². The topological polar surface area (TPSA) is 79.0 Å². The monoisotopic (exact) mass is 321 g/mol. The number of Topliss-reactive ketones (excluding diaryl/α,β-unsaturated/α-hetero) is 1. The van der Waals surface area contributed by atoms with Crippen LogP contribution in [-0.2, 0) is 0 Å². The highest BCUT2D eigenvalue weighted by Gasteiger charge is 2.21. The van der Waals surface area contributed by atoms with Gasteiger partial charge >= 0.3 is 0 Å². The number of rotatable bonds is 6. The summed E-state index contributed by atoms with van der Waals surface area (Å²) in [6.45, 7) is 1.67. The van der Waals surface area contributed by atoms with Crippen molar-refractivity contribution >= 4 is 22.4 Å². The molecule has 3 aromatic rings. The molecule has 24 heavy (non-hydrogen) atoms. The summed E-state index contributed by atoms with van der Waals surface area (Å²) in [7, 11) is 0. The quantitative estimate of drug-likeness (QED) is 0.540. The van der Waals surface area contributed by atoms with Gasteiger partial charge in [0.2, 0.25) is 5.78 Å². The van der Waals surface area contributed by atoms with Crippen molar-refractivity contribution in [2.75, 3.05) is 6.61 Å². The summed E-state index contributed by atoms with van der Waals surface area (Å²) >= 11 is 0. The molecule has 0 fully saturated rings. The number of aliphatic hydroxyl groups is 1. The molecule has 1 heterocycles. The van der Waals surface area contributed by atoms with E-state index in [2.05, 4.69) is 5.10 Å². The fraction of sp³-hybridized carbons (Fsp3) is 0.211. The molecule has 2 aromatic carbocycles. The average molecular weight is 321 g/mol. The largest absolute Gasteiger partial charge is 0.396 e. The van der Waals surface area contributed by atoms with Crippen LogP contribution >= 0.6 is 0 Å². The smallest absolute Gasteiger partial charge is 0.206 e. The average Bonchev–Trinajstić information content (AvgIpc) is 3.06. The zero-order valence-electron chi connectivity index (χ0n) is 13.4. The maximum Gasteiger partial charge on any atom is 0.206 e. The van der Waals surface area contributed by atoms with Crippen molar-refractivity contribution in [1.82, 2.24) is 9.78 Å². The minimum Gasteiger partial charge on any atom is -0.396 e. The molecule has 5 heteroatoms. The second-order valence-electron chi connectivity index (χ2n) is 5.70.